The number of carbonyl (C=O) groups is 3. The quantitative estimate of drug-likeness (QED) is 0.0950. The molecule has 1 atom stereocenters. The Kier molecular flexibility index (Phi) is 16.0. The van der Waals surface area contributed by atoms with Gasteiger partial charge < -0.3 is 23.7 Å². The summed E-state index contributed by atoms with van der Waals surface area (Å²) in [6.45, 7) is 14.2. The number of alkyl halides is 3. The third-order valence-corrected chi connectivity index (χ3v) is 11.1. The number of halogens is 4. The standard InChI is InChI=1S/C18H17FN4O2S.C14H20ClNO2.C11H11Cl2NO2/c1-4-5-22-13-7-12(11(19)6-14(13)25-9-16(22)24)20-17-23-10-18(2,3)8-15(23)21-26-17;1-4-12-8-6-7-11(3)14(12)16(10-18-5-2)13(17)9-15;1-7-6-16-9-5-3-2-4-8(9)14(7)11(15)10(12)13/h1,6-7H,5,8-10H2,2-3H3;6-8H,4-5,9-10H2,1-3H3;2-5,7,10H,6H2,1H3/b20-17-;;. The Morgan fingerprint density at radius 2 is 1.88 bits per heavy atom. The van der Waals surface area contributed by atoms with Crippen molar-refractivity contribution < 1.29 is 33.0 Å². The Morgan fingerprint density at radius 3 is 2.57 bits per heavy atom. The van der Waals surface area contributed by atoms with Crippen LogP contribution in [-0.2, 0) is 38.5 Å². The fraction of sp³-hybridized carbons (Fsp3) is 0.419. The Labute approximate surface area is 368 Å². The van der Waals surface area contributed by atoms with Gasteiger partial charge in [0.05, 0.1) is 29.6 Å². The number of aromatic nitrogens is 2. The van der Waals surface area contributed by atoms with Crippen molar-refractivity contribution in [2.45, 2.75) is 71.8 Å². The second-order valence-corrected chi connectivity index (χ2v) is 16.9. The minimum atomic E-state index is -1.05. The summed E-state index contributed by atoms with van der Waals surface area (Å²) in [6.07, 6.45) is 7.09. The molecule has 0 spiro atoms. The molecule has 0 fully saturated rings. The van der Waals surface area contributed by atoms with Gasteiger partial charge in [0.25, 0.3) is 11.8 Å². The first-order valence-corrected chi connectivity index (χ1v) is 21.5. The summed E-state index contributed by atoms with van der Waals surface area (Å²) in [5, 5.41) is 0. The van der Waals surface area contributed by atoms with E-state index in [1.54, 1.807) is 9.80 Å². The van der Waals surface area contributed by atoms with E-state index in [0.29, 0.717) is 35.2 Å². The number of aryl methyl sites for hydroxylation is 2. The maximum Gasteiger partial charge on any atom is 0.265 e. The number of rotatable bonds is 9. The summed E-state index contributed by atoms with van der Waals surface area (Å²) < 4.78 is 37.2. The molecule has 0 aliphatic carbocycles. The normalized spacial score (nSPS) is 16.2. The maximum atomic E-state index is 14.5. The lowest BCUT2D eigenvalue weighted by Gasteiger charge is -2.35. The SMILES string of the molecule is C#CCN1C(=O)COc2cc(F)c(/N=c3\snc4n3CC(C)(C)C4)cc21.CC1COc2ccccc2N1C(=O)C(Cl)Cl.CCOCN(C(=O)CCl)c1c(C)cccc1CC. The molecule has 17 heteroatoms. The molecule has 3 amide bonds. The molecule has 12 nitrogen and oxygen atoms in total. The summed E-state index contributed by atoms with van der Waals surface area (Å²) in [5.74, 6) is 3.12. The van der Waals surface area contributed by atoms with E-state index in [1.165, 1.54) is 28.6 Å². The van der Waals surface area contributed by atoms with Crippen LogP contribution in [0, 0.1) is 30.5 Å². The van der Waals surface area contributed by atoms with Gasteiger partial charge >= 0.3 is 0 Å². The molecule has 0 N–H and O–H groups in total. The van der Waals surface area contributed by atoms with Crippen molar-refractivity contribution in [3.05, 3.63) is 82.2 Å². The molecular formula is C43H48Cl3FN6O6S. The van der Waals surface area contributed by atoms with Crippen LogP contribution in [0.2, 0.25) is 0 Å². The van der Waals surface area contributed by atoms with Gasteiger partial charge in [0.2, 0.25) is 10.7 Å². The van der Waals surface area contributed by atoms with E-state index in [0.717, 1.165) is 47.7 Å². The highest BCUT2D eigenvalue weighted by atomic mass is 35.5. The van der Waals surface area contributed by atoms with Gasteiger partial charge in [-0.2, -0.15) is 4.37 Å². The molecule has 60 heavy (non-hydrogen) atoms. The average molecular weight is 902 g/mol. The summed E-state index contributed by atoms with van der Waals surface area (Å²) in [4.78, 5) is 44.6. The summed E-state index contributed by atoms with van der Waals surface area (Å²) >= 11 is 18.2. The molecule has 1 aromatic heterocycles. The van der Waals surface area contributed by atoms with Crippen LogP contribution in [0.1, 0.15) is 51.6 Å². The van der Waals surface area contributed by atoms with Gasteiger partial charge in [-0.3, -0.25) is 24.2 Å². The number of amides is 3. The first kappa shape index (κ1) is 46.4. The van der Waals surface area contributed by atoms with Crippen LogP contribution >= 0.6 is 46.3 Å². The predicted molar refractivity (Wildman–Crippen MR) is 236 cm³/mol. The average Bonchev–Trinajstić information content (AvgIpc) is 3.74. The zero-order chi connectivity index (χ0) is 43.7. The highest BCUT2D eigenvalue weighted by Crippen LogP contribution is 2.38. The topological polar surface area (TPSA) is 119 Å². The van der Waals surface area contributed by atoms with Gasteiger partial charge in [-0.15, -0.1) is 18.0 Å². The zero-order valence-corrected chi connectivity index (χ0v) is 37.4. The summed E-state index contributed by atoms with van der Waals surface area (Å²) in [5.41, 5.74) is 4.52. The fourth-order valence-corrected chi connectivity index (χ4v) is 8.01. The number of benzene rings is 3. The maximum absolute atomic E-state index is 14.5. The van der Waals surface area contributed by atoms with E-state index in [9.17, 15) is 18.8 Å². The Morgan fingerprint density at radius 1 is 1.13 bits per heavy atom. The van der Waals surface area contributed by atoms with Gasteiger partial charge in [-0.25, -0.2) is 9.38 Å². The molecule has 3 aromatic carbocycles. The van der Waals surface area contributed by atoms with Crippen LogP contribution in [0.5, 0.6) is 11.5 Å². The molecule has 3 aliphatic heterocycles. The lowest BCUT2D eigenvalue weighted by atomic mass is 9.92. The molecule has 0 bridgehead atoms. The lowest BCUT2D eigenvalue weighted by Crippen LogP contribution is -2.47. The van der Waals surface area contributed by atoms with E-state index < -0.39 is 10.7 Å². The minimum absolute atomic E-state index is 0.0371. The molecular weight excluding hydrogens is 854 g/mol. The predicted octanol–water partition coefficient (Wildman–Crippen LogP) is 7.98. The van der Waals surface area contributed by atoms with Crippen LogP contribution < -0.4 is 29.0 Å². The summed E-state index contributed by atoms with van der Waals surface area (Å²) in [7, 11) is 0. The number of fused-ring (bicyclic) bond motifs is 3. The molecule has 0 radical (unpaired) electrons. The first-order valence-electron chi connectivity index (χ1n) is 19.3. The van der Waals surface area contributed by atoms with Crippen molar-refractivity contribution in [2.75, 3.05) is 53.7 Å². The van der Waals surface area contributed by atoms with Crippen molar-refractivity contribution in [3.8, 4) is 23.8 Å². The van der Waals surface area contributed by atoms with Crippen LogP contribution in [-0.4, -0.2) is 76.5 Å². The van der Waals surface area contributed by atoms with E-state index in [2.05, 4.69) is 36.1 Å². The molecule has 4 heterocycles. The van der Waals surface area contributed by atoms with E-state index in [4.69, 9.17) is 55.4 Å². The number of anilines is 3. The fourth-order valence-electron chi connectivity index (χ4n) is 6.89. The van der Waals surface area contributed by atoms with Crippen LogP contribution in [0.3, 0.4) is 0 Å². The lowest BCUT2D eigenvalue weighted by molar-refractivity contribution is -0.121. The number of terminal acetylenes is 1. The molecule has 7 rings (SSSR count). The van der Waals surface area contributed by atoms with Crippen molar-refractivity contribution in [3.63, 3.8) is 0 Å². The molecule has 0 saturated carbocycles. The molecule has 1 unspecified atom stereocenters. The second kappa shape index (κ2) is 20.7. The highest BCUT2D eigenvalue weighted by molar-refractivity contribution is 7.02. The number of ether oxygens (including phenoxy) is 3. The number of nitrogens with zero attached hydrogens (tertiary/aromatic N) is 6. The third kappa shape index (κ3) is 10.8. The highest BCUT2D eigenvalue weighted by Gasteiger charge is 2.33. The largest absolute Gasteiger partial charge is 0.489 e. The molecule has 3 aliphatic rings. The van der Waals surface area contributed by atoms with E-state index in [-0.39, 0.29) is 60.6 Å². The van der Waals surface area contributed by atoms with Crippen molar-refractivity contribution in [2.24, 2.45) is 10.4 Å². The molecule has 320 valence electrons. The smallest absolute Gasteiger partial charge is 0.265 e. The number of hydrogen-bond acceptors (Lipinski definition) is 9. The molecule has 4 aromatic rings. The number of para-hydroxylation sites is 3. The summed E-state index contributed by atoms with van der Waals surface area (Å²) in [6, 6.07) is 16.1. The number of hydrogen-bond donors (Lipinski definition) is 0. The van der Waals surface area contributed by atoms with Crippen molar-refractivity contribution in [1.82, 2.24) is 8.94 Å². The van der Waals surface area contributed by atoms with E-state index in [1.807, 2.05) is 67.8 Å². The van der Waals surface area contributed by atoms with Gasteiger partial charge in [0.1, 0.15) is 42.2 Å². The van der Waals surface area contributed by atoms with Gasteiger partial charge in [-0.05, 0) is 61.9 Å². The number of carbonyl (C=O) groups excluding carboxylic acids is 3. The second-order valence-electron chi connectivity index (χ2n) is 14.8. The zero-order valence-electron chi connectivity index (χ0n) is 34.3. The van der Waals surface area contributed by atoms with Gasteiger partial charge in [0, 0.05) is 37.2 Å². The van der Waals surface area contributed by atoms with Crippen molar-refractivity contribution in [1.29, 1.82) is 0 Å². The van der Waals surface area contributed by atoms with Gasteiger partial charge in [-0.1, -0.05) is 80.2 Å². The minimum Gasteiger partial charge on any atom is -0.489 e. The Hall–Kier alpha value is -4.65. The van der Waals surface area contributed by atoms with Crippen LogP contribution in [0.4, 0.5) is 27.1 Å². The van der Waals surface area contributed by atoms with Crippen LogP contribution in [0.25, 0.3) is 0 Å². The van der Waals surface area contributed by atoms with Crippen LogP contribution in [0.15, 0.2) is 59.6 Å². The molecule has 0 saturated heterocycles. The first-order chi connectivity index (χ1) is 28.6. The van der Waals surface area contributed by atoms with Crippen molar-refractivity contribution >= 4 is 86.8 Å². The Balaban J connectivity index is 0.000000178. The Bertz CT molecular complexity index is 2310. The third-order valence-electron chi connectivity index (χ3n) is 9.72. The monoisotopic (exact) mass is 900 g/mol. The van der Waals surface area contributed by atoms with E-state index >= 15 is 0 Å². The van der Waals surface area contributed by atoms with Gasteiger partial charge in [0.15, 0.2) is 17.3 Å².